The molecule has 144 valence electrons. The molecule has 3 fully saturated rings. The van der Waals surface area contributed by atoms with Gasteiger partial charge in [0.15, 0.2) is 5.96 Å². The number of halogens is 1. The van der Waals surface area contributed by atoms with Crippen molar-refractivity contribution in [1.82, 2.24) is 10.2 Å². The van der Waals surface area contributed by atoms with Gasteiger partial charge in [-0.2, -0.15) is 0 Å². The Hall–Kier alpha value is -0.820. The second kappa shape index (κ2) is 8.46. The molecular formula is C21H32IN3O. The van der Waals surface area contributed by atoms with Gasteiger partial charge in [-0.3, -0.25) is 4.99 Å². The summed E-state index contributed by atoms with van der Waals surface area (Å²) in [5.74, 6) is 1.09. The van der Waals surface area contributed by atoms with Gasteiger partial charge >= 0.3 is 0 Å². The predicted octanol–water partition coefficient (Wildman–Crippen LogP) is 3.80. The zero-order valence-electron chi connectivity index (χ0n) is 15.9. The Morgan fingerprint density at radius 2 is 1.85 bits per heavy atom. The van der Waals surface area contributed by atoms with Crippen molar-refractivity contribution in [1.29, 1.82) is 0 Å². The SMILES string of the molecule is CN=C(NCC1(c2ccccc2)CCOCC1)N1CCC2(CCC2)C1.I. The van der Waals surface area contributed by atoms with Crippen LogP contribution >= 0.6 is 24.0 Å². The Bertz CT molecular complexity index is 609. The van der Waals surface area contributed by atoms with Crippen LogP contribution in [0.5, 0.6) is 0 Å². The Morgan fingerprint density at radius 3 is 2.42 bits per heavy atom. The lowest BCUT2D eigenvalue weighted by Crippen LogP contribution is -2.49. The van der Waals surface area contributed by atoms with Crippen molar-refractivity contribution < 1.29 is 4.74 Å². The third-order valence-electron chi connectivity index (χ3n) is 6.78. The summed E-state index contributed by atoms with van der Waals surface area (Å²) in [5.41, 5.74) is 2.19. The van der Waals surface area contributed by atoms with Crippen LogP contribution in [0.3, 0.4) is 0 Å². The number of aliphatic imine (C=N–C) groups is 1. The summed E-state index contributed by atoms with van der Waals surface area (Å²) < 4.78 is 5.66. The minimum atomic E-state index is 0. The number of rotatable bonds is 3. The van der Waals surface area contributed by atoms with Crippen molar-refractivity contribution in [3.63, 3.8) is 0 Å². The minimum Gasteiger partial charge on any atom is -0.381 e. The van der Waals surface area contributed by atoms with E-state index < -0.39 is 0 Å². The topological polar surface area (TPSA) is 36.9 Å². The molecule has 1 saturated carbocycles. The standard InChI is InChI=1S/C21H31N3O.HI/c1-22-19(24-13-10-20(17-24)8-5-9-20)23-16-21(11-14-25-15-12-21)18-6-3-2-4-7-18;/h2-4,6-7H,5,8-17H2,1H3,(H,22,23);1H. The van der Waals surface area contributed by atoms with E-state index >= 15 is 0 Å². The van der Waals surface area contributed by atoms with Crippen LogP contribution in [0, 0.1) is 5.41 Å². The Balaban J connectivity index is 0.00000196. The van der Waals surface area contributed by atoms with Crippen molar-refractivity contribution >= 4 is 29.9 Å². The number of nitrogens with zero attached hydrogens (tertiary/aromatic N) is 2. The number of hydrogen-bond donors (Lipinski definition) is 1. The lowest BCUT2D eigenvalue weighted by Gasteiger charge is -2.40. The molecule has 5 heteroatoms. The number of guanidine groups is 1. The Labute approximate surface area is 174 Å². The quantitative estimate of drug-likeness (QED) is 0.416. The highest BCUT2D eigenvalue weighted by molar-refractivity contribution is 14.0. The van der Waals surface area contributed by atoms with Crippen molar-refractivity contribution in [3.05, 3.63) is 35.9 Å². The van der Waals surface area contributed by atoms with Gasteiger partial charge in [-0.05, 0) is 43.1 Å². The van der Waals surface area contributed by atoms with Gasteiger partial charge in [-0.25, -0.2) is 0 Å². The van der Waals surface area contributed by atoms with E-state index in [4.69, 9.17) is 4.74 Å². The first-order chi connectivity index (χ1) is 12.3. The summed E-state index contributed by atoms with van der Waals surface area (Å²) in [5, 5.41) is 3.73. The molecule has 1 aromatic carbocycles. The van der Waals surface area contributed by atoms with Crippen molar-refractivity contribution in [2.75, 3.05) is 39.9 Å². The molecule has 0 unspecified atom stereocenters. The smallest absolute Gasteiger partial charge is 0.193 e. The number of nitrogens with one attached hydrogen (secondary N) is 1. The maximum Gasteiger partial charge on any atom is 0.193 e. The van der Waals surface area contributed by atoms with Gasteiger partial charge in [-0.15, -0.1) is 24.0 Å². The maximum atomic E-state index is 5.66. The van der Waals surface area contributed by atoms with Crippen molar-refractivity contribution in [2.24, 2.45) is 10.4 Å². The molecule has 0 bridgehead atoms. The molecule has 2 heterocycles. The highest BCUT2D eigenvalue weighted by atomic mass is 127. The van der Waals surface area contributed by atoms with Crippen LogP contribution in [0.4, 0.5) is 0 Å². The average Bonchev–Trinajstić information content (AvgIpc) is 3.10. The van der Waals surface area contributed by atoms with Crippen LogP contribution in [0.15, 0.2) is 35.3 Å². The molecule has 1 spiro atoms. The zero-order chi connectivity index (χ0) is 17.2. The number of hydrogen-bond acceptors (Lipinski definition) is 2. The molecule has 0 radical (unpaired) electrons. The van der Waals surface area contributed by atoms with Gasteiger partial charge in [0, 0.05) is 45.3 Å². The highest BCUT2D eigenvalue weighted by Gasteiger charge is 2.44. The van der Waals surface area contributed by atoms with E-state index in [-0.39, 0.29) is 29.4 Å². The van der Waals surface area contributed by atoms with Gasteiger partial charge in [0.25, 0.3) is 0 Å². The molecule has 0 amide bonds. The summed E-state index contributed by atoms with van der Waals surface area (Å²) in [6.07, 6.45) is 7.72. The first kappa shape index (κ1) is 19.9. The lowest BCUT2D eigenvalue weighted by atomic mass is 9.68. The van der Waals surface area contributed by atoms with Gasteiger partial charge in [0.2, 0.25) is 0 Å². The lowest BCUT2D eigenvalue weighted by molar-refractivity contribution is 0.0511. The minimum absolute atomic E-state index is 0. The predicted molar refractivity (Wildman–Crippen MR) is 117 cm³/mol. The molecule has 0 aromatic heterocycles. The van der Waals surface area contributed by atoms with Crippen LogP contribution in [-0.4, -0.2) is 50.8 Å². The van der Waals surface area contributed by atoms with E-state index in [1.54, 1.807) is 0 Å². The molecule has 4 nitrogen and oxygen atoms in total. The van der Waals surface area contributed by atoms with Gasteiger partial charge in [0.1, 0.15) is 0 Å². The molecule has 0 atom stereocenters. The summed E-state index contributed by atoms with van der Waals surface area (Å²) in [6, 6.07) is 11.0. The van der Waals surface area contributed by atoms with Crippen LogP contribution in [0.1, 0.15) is 44.1 Å². The summed E-state index contributed by atoms with van der Waals surface area (Å²) in [4.78, 5) is 7.09. The second-order valence-corrected chi connectivity index (χ2v) is 8.18. The fourth-order valence-corrected chi connectivity index (χ4v) is 4.90. The fraction of sp³-hybridized carbons (Fsp3) is 0.667. The normalized spacial score (nSPS) is 24.0. The molecule has 1 N–H and O–H groups in total. The largest absolute Gasteiger partial charge is 0.381 e. The van der Waals surface area contributed by atoms with E-state index in [0.717, 1.165) is 45.1 Å². The Morgan fingerprint density at radius 1 is 1.12 bits per heavy atom. The highest BCUT2D eigenvalue weighted by Crippen LogP contribution is 2.48. The summed E-state index contributed by atoms with van der Waals surface area (Å²) in [7, 11) is 1.92. The monoisotopic (exact) mass is 469 g/mol. The molecular weight excluding hydrogens is 437 g/mol. The second-order valence-electron chi connectivity index (χ2n) is 8.18. The van der Waals surface area contributed by atoms with E-state index in [0.29, 0.717) is 5.41 Å². The van der Waals surface area contributed by atoms with Gasteiger partial charge < -0.3 is 15.0 Å². The Kier molecular flexibility index (Phi) is 6.49. The molecule has 26 heavy (non-hydrogen) atoms. The third kappa shape index (κ3) is 3.88. The van der Waals surface area contributed by atoms with E-state index in [1.807, 2.05) is 7.05 Å². The molecule has 2 aliphatic heterocycles. The van der Waals surface area contributed by atoms with E-state index in [1.165, 1.54) is 37.8 Å². The molecule has 3 aliphatic rings. The third-order valence-corrected chi connectivity index (χ3v) is 6.78. The van der Waals surface area contributed by atoms with Crippen molar-refractivity contribution in [2.45, 2.75) is 43.9 Å². The van der Waals surface area contributed by atoms with E-state index in [2.05, 4.69) is 45.5 Å². The fourth-order valence-electron chi connectivity index (χ4n) is 4.90. The molecule has 1 aromatic rings. The molecule has 4 rings (SSSR count). The molecule has 2 saturated heterocycles. The van der Waals surface area contributed by atoms with Crippen LogP contribution in [0.2, 0.25) is 0 Å². The first-order valence-corrected chi connectivity index (χ1v) is 9.84. The number of benzene rings is 1. The van der Waals surface area contributed by atoms with Crippen LogP contribution in [-0.2, 0) is 10.2 Å². The first-order valence-electron chi connectivity index (χ1n) is 9.84. The average molecular weight is 469 g/mol. The zero-order valence-corrected chi connectivity index (χ0v) is 18.2. The number of likely N-dealkylation sites (tertiary alicyclic amines) is 1. The van der Waals surface area contributed by atoms with Crippen molar-refractivity contribution in [3.8, 4) is 0 Å². The number of ether oxygens (including phenoxy) is 1. The van der Waals surface area contributed by atoms with E-state index in [9.17, 15) is 0 Å². The maximum absolute atomic E-state index is 5.66. The van der Waals surface area contributed by atoms with Gasteiger partial charge in [-0.1, -0.05) is 36.8 Å². The van der Waals surface area contributed by atoms with Crippen LogP contribution < -0.4 is 5.32 Å². The molecule has 1 aliphatic carbocycles. The summed E-state index contributed by atoms with van der Waals surface area (Å²) >= 11 is 0. The summed E-state index contributed by atoms with van der Waals surface area (Å²) in [6.45, 7) is 4.98. The van der Waals surface area contributed by atoms with Gasteiger partial charge in [0.05, 0.1) is 0 Å². The van der Waals surface area contributed by atoms with Crippen LogP contribution in [0.25, 0.3) is 0 Å².